The van der Waals surface area contributed by atoms with Gasteiger partial charge in [-0.15, -0.1) is 0 Å². The van der Waals surface area contributed by atoms with Gasteiger partial charge in [0.2, 0.25) is 0 Å². The van der Waals surface area contributed by atoms with Crippen LogP contribution in [0.5, 0.6) is 0 Å². The molecule has 0 aromatic heterocycles. The van der Waals surface area contributed by atoms with Crippen molar-refractivity contribution < 1.29 is 30.2 Å². The van der Waals surface area contributed by atoms with E-state index in [0.717, 1.165) is 30.3 Å². The van der Waals surface area contributed by atoms with Crippen LogP contribution >= 0.6 is 0 Å². The first kappa shape index (κ1) is 34.1. The lowest BCUT2D eigenvalue weighted by Gasteiger charge is -2.28. The smallest absolute Gasteiger partial charge is 0.513 e. The van der Waals surface area contributed by atoms with E-state index in [4.69, 9.17) is 13.3 Å². The quantitative estimate of drug-likeness (QED) is 0.104. The van der Waals surface area contributed by atoms with E-state index < -0.39 is 8.80 Å². The lowest BCUT2D eigenvalue weighted by atomic mass is 10.1. The summed E-state index contributed by atoms with van der Waals surface area (Å²) in [5, 5.41) is 0. The number of rotatable bonds is 21. The minimum Gasteiger partial charge on any atom is -1.00 e. The van der Waals surface area contributed by atoms with Crippen molar-refractivity contribution in [1.82, 2.24) is 0 Å². The molecule has 0 fully saturated rings. The minimum atomic E-state index is -2.71. The summed E-state index contributed by atoms with van der Waals surface area (Å²) in [6.45, 7) is 11.8. The van der Waals surface area contributed by atoms with Crippen LogP contribution in [0, 0.1) is 12.0 Å². The molecule has 0 aliphatic carbocycles. The van der Waals surface area contributed by atoms with Gasteiger partial charge in [-0.1, -0.05) is 79.1 Å². The number of hydrogen-bond donors (Lipinski definition) is 0. The van der Waals surface area contributed by atoms with Crippen molar-refractivity contribution in [1.29, 1.82) is 0 Å². The second-order valence-corrected chi connectivity index (χ2v) is 11.9. The Kier molecular flexibility index (Phi) is 24.2. The van der Waals surface area contributed by atoms with Gasteiger partial charge in [0.1, 0.15) is 6.04 Å². The Hall–Kier alpha value is -0.0931. The van der Waals surface area contributed by atoms with Gasteiger partial charge >= 0.3 is 8.80 Å². The highest BCUT2D eigenvalue weighted by molar-refractivity contribution is 6.61. The van der Waals surface area contributed by atoms with Crippen molar-refractivity contribution >= 4 is 8.80 Å². The Labute approximate surface area is 208 Å². The standard InChI is InChI=1S/C26H54NO3Si.ClH/c1-7-11-12-13-14-15-16-17-18-19-21-27(5,6)22-20-26-31(28-23-8-2,29-24-9-3)30-25-10-4;/h7-19,21,23-26H2,1-6H3;1H/q+1;/p-1. The van der Waals surface area contributed by atoms with Crippen molar-refractivity contribution in [3.8, 4) is 12.0 Å². The summed E-state index contributed by atoms with van der Waals surface area (Å²) in [4.78, 5) is 0. The van der Waals surface area contributed by atoms with Gasteiger partial charge in [-0.3, -0.25) is 4.48 Å². The maximum atomic E-state index is 6.15. The molecule has 0 aromatic rings. The molecular weight excluding hydrogens is 438 g/mol. The largest absolute Gasteiger partial charge is 1.00 e. The highest BCUT2D eigenvalue weighted by Gasteiger charge is 2.40. The molecule has 0 radical (unpaired) electrons. The zero-order valence-electron chi connectivity index (χ0n) is 22.3. The predicted octanol–water partition coefficient (Wildman–Crippen LogP) is 4.17. The molecule has 0 spiro atoms. The summed E-state index contributed by atoms with van der Waals surface area (Å²) in [6.07, 6.45) is 16.6. The van der Waals surface area contributed by atoms with Crippen molar-refractivity contribution in [3.05, 3.63) is 0 Å². The molecule has 0 amide bonds. The van der Waals surface area contributed by atoms with Gasteiger partial charge < -0.3 is 25.7 Å². The van der Waals surface area contributed by atoms with E-state index >= 15 is 0 Å². The van der Waals surface area contributed by atoms with E-state index in [1.54, 1.807) is 0 Å². The van der Waals surface area contributed by atoms with Gasteiger partial charge in [0.15, 0.2) is 0 Å². The number of unbranched alkanes of at least 4 members (excludes halogenated alkanes) is 9. The molecule has 0 aliphatic rings. The lowest BCUT2D eigenvalue weighted by Crippen LogP contribution is -3.00. The van der Waals surface area contributed by atoms with Crippen LogP contribution in [-0.2, 0) is 13.3 Å². The Morgan fingerprint density at radius 1 is 0.594 bits per heavy atom. The fraction of sp³-hybridized carbons (Fsp3) is 0.923. The van der Waals surface area contributed by atoms with Gasteiger partial charge in [0.05, 0.1) is 26.7 Å². The van der Waals surface area contributed by atoms with Crippen LogP contribution in [0.4, 0.5) is 0 Å². The fourth-order valence-corrected chi connectivity index (χ4v) is 5.86. The summed E-state index contributed by atoms with van der Waals surface area (Å²) in [5.74, 6) is 3.39. The molecule has 0 unspecified atom stereocenters. The number of hydrogen-bond acceptors (Lipinski definition) is 3. The third kappa shape index (κ3) is 19.4. The van der Waals surface area contributed by atoms with Gasteiger partial charge in [-0.05, 0) is 38.0 Å². The maximum absolute atomic E-state index is 6.15. The average Bonchev–Trinajstić information content (AvgIpc) is 2.75. The highest BCUT2D eigenvalue weighted by Crippen LogP contribution is 2.17. The van der Waals surface area contributed by atoms with Gasteiger partial charge in [-0.25, -0.2) is 0 Å². The molecule has 0 saturated carbocycles. The van der Waals surface area contributed by atoms with Gasteiger partial charge in [0, 0.05) is 19.8 Å². The summed E-state index contributed by atoms with van der Waals surface area (Å²) in [7, 11) is 1.70. The number of quaternary nitrogens is 1. The highest BCUT2D eigenvalue weighted by atomic mass is 35.5. The van der Waals surface area contributed by atoms with E-state index in [-0.39, 0.29) is 12.4 Å². The van der Waals surface area contributed by atoms with Crippen molar-refractivity contribution in [2.75, 3.05) is 40.5 Å². The molecule has 0 atom stereocenters. The SMILES string of the molecule is CCCCCCCCCCCC[N+](C)(C)C#CC[Si](OCCC)(OCCC)OCCC.[Cl-]. The Bertz CT molecular complexity index is 444. The molecule has 4 nitrogen and oxygen atoms in total. The van der Waals surface area contributed by atoms with E-state index in [1.165, 1.54) is 64.2 Å². The van der Waals surface area contributed by atoms with Crippen LogP contribution in [0.25, 0.3) is 0 Å². The van der Waals surface area contributed by atoms with Crippen LogP contribution in [0.1, 0.15) is 111 Å². The average molecular weight is 492 g/mol. The maximum Gasteiger partial charge on any atom is 0.513 e. The monoisotopic (exact) mass is 491 g/mol. The molecule has 0 N–H and O–H groups in total. The molecule has 192 valence electrons. The number of halogens is 1. The lowest BCUT2D eigenvalue weighted by molar-refractivity contribution is -0.822. The molecule has 0 bridgehead atoms. The number of nitrogens with zero attached hydrogens (tertiary/aromatic N) is 1. The first-order chi connectivity index (χ1) is 14.9. The Morgan fingerprint density at radius 2 is 1.00 bits per heavy atom. The van der Waals surface area contributed by atoms with E-state index in [0.29, 0.717) is 25.9 Å². The van der Waals surface area contributed by atoms with Crippen molar-refractivity contribution in [2.24, 2.45) is 0 Å². The third-order valence-corrected chi connectivity index (χ3v) is 7.88. The summed E-state index contributed by atoms with van der Waals surface area (Å²) in [5.41, 5.74) is 0. The molecule has 0 aromatic carbocycles. The second kappa shape index (κ2) is 22.7. The first-order valence-electron chi connectivity index (χ1n) is 13.2. The van der Waals surface area contributed by atoms with Crippen molar-refractivity contribution in [3.63, 3.8) is 0 Å². The third-order valence-electron chi connectivity index (χ3n) is 5.34. The van der Waals surface area contributed by atoms with Gasteiger partial charge in [0.25, 0.3) is 0 Å². The predicted molar refractivity (Wildman–Crippen MR) is 136 cm³/mol. The molecule has 0 rings (SSSR count). The zero-order valence-corrected chi connectivity index (χ0v) is 24.0. The van der Waals surface area contributed by atoms with Crippen LogP contribution in [0.3, 0.4) is 0 Å². The summed E-state index contributed by atoms with van der Waals surface area (Å²) in [6, 6.07) is 4.05. The molecule has 0 heterocycles. The van der Waals surface area contributed by atoms with Crippen LogP contribution in [0.15, 0.2) is 0 Å². The van der Waals surface area contributed by atoms with E-state index in [2.05, 4.69) is 53.8 Å². The van der Waals surface area contributed by atoms with Gasteiger partial charge in [-0.2, -0.15) is 0 Å². The zero-order chi connectivity index (χ0) is 23.3. The summed E-state index contributed by atoms with van der Waals surface area (Å²) >= 11 is 0. The molecule has 0 saturated heterocycles. The Balaban J connectivity index is 0. The topological polar surface area (TPSA) is 27.7 Å². The summed E-state index contributed by atoms with van der Waals surface area (Å²) < 4.78 is 19.2. The van der Waals surface area contributed by atoms with E-state index in [1.807, 2.05) is 0 Å². The van der Waals surface area contributed by atoms with Crippen molar-refractivity contribution in [2.45, 2.75) is 117 Å². The van der Waals surface area contributed by atoms with E-state index in [9.17, 15) is 0 Å². The molecular formula is C26H54ClNO3Si. The second-order valence-electron chi connectivity index (χ2n) is 9.28. The van der Waals surface area contributed by atoms with Crippen LogP contribution in [-0.4, -0.2) is 53.7 Å². The van der Waals surface area contributed by atoms with Crippen LogP contribution < -0.4 is 12.4 Å². The molecule has 32 heavy (non-hydrogen) atoms. The molecule has 0 aliphatic heterocycles. The first-order valence-corrected chi connectivity index (χ1v) is 15.1. The minimum absolute atomic E-state index is 0. The fourth-order valence-electron chi connectivity index (χ4n) is 3.46. The molecule has 6 heteroatoms. The Morgan fingerprint density at radius 3 is 1.41 bits per heavy atom. The van der Waals surface area contributed by atoms with Crippen LogP contribution in [0.2, 0.25) is 6.04 Å². The normalized spacial score (nSPS) is 11.7.